The molecule has 1 amide bonds. The van der Waals surface area contributed by atoms with Crippen LogP contribution in [-0.2, 0) is 0 Å². The number of hydrogen-bond donors (Lipinski definition) is 1. The number of aromatic nitrogens is 2. The van der Waals surface area contributed by atoms with E-state index < -0.39 is 0 Å². The van der Waals surface area contributed by atoms with Gasteiger partial charge in [0, 0.05) is 17.1 Å². The normalized spacial score (nSPS) is 10.6. The molecule has 6 heteroatoms. The molecule has 0 bridgehead atoms. The summed E-state index contributed by atoms with van der Waals surface area (Å²) in [6.45, 7) is 8.55. The van der Waals surface area contributed by atoms with Gasteiger partial charge in [-0.05, 0) is 51.0 Å². The molecule has 3 rings (SSSR count). The summed E-state index contributed by atoms with van der Waals surface area (Å²) < 4.78 is 5.42. The van der Waals surface area contributed by atoms with Gasteiger partial charge in [-0.25, -0.2) is 9.97 Å². The highest BCUT2D eigenvalue weighted by molar-refractivity contribution is 7.14. The highest BCUT2D eigenvalue weighted by Crippen LogP contribution is 2.31. The van der Waals surface area contributed by atoms with Crippen molar-refractivity contribution in [1.29, 1.82) is 0 Å². The second kappa shape index (κ2) is 7.66. The average molecular weight is 367 g/mol. The third kappa shape index (κ3) is 3.75. The second-order valence-electron chi connectivity index (χ2n) is 6.05. The molecule has 0 aliphatic carbocycles. The zero-order chi connectivity index (χ0) is 18.7. The minimum absolute atomic E-state index is 0.278. The van der Waals surface area contributed by atoms with E-state index in [2.05, 4.69) is 48.2 Å². The third-order valence-electron chi connectivity index (χ3n) is 3.95. The van der Waals surface area contributed by atoms with Crippen LogP contribution in [0.4, 0.5) is 5.13 Å². The summed E-state index contributed by atoms with van der Waals surface area (Å²) >= 11 is 1.40. The molecule has 0 saturated heterocycles. The maximum Gasteiger partial charge on any atom is 0.262 e. The molecule has 0 fully saturated rings. The number of anilines is 1. The second-order valence-corrected chi connectivity index (χ2v) is 6.91. The molecule has 0 saturated carbocycles. The maximum atomic E-state index is 12.6. The number of benzene rings is 1. The number of hydrogen-bond acceptors (Lipinski definition) is 5. The summed E-state index contributed by atoms with van der Waals surface area (Å²) in [5.41, 5.74) is 5.97. The van der Waals surface area contributed by atoms with E-state index in [1.54, 1.807) is 18.3 Å². The monoisotopic (exact) mass is 367 g/mol. The summed E-state index contributed by atoms with van der Waals surface area (Å²) in [6, 6.07) is 7.69. The van der Waals surface area contributed by atoms with Crippen LogP contribution in [0.15, 0.2) is 35.8 Å². The fourth-order valence-corrected chi connectivity index (χ4v) is 3.71. The van der Waals surface area contributed by atoms with Crippen LogP contribution in [0.1, 0.15) is 34.0 Å². The minimum Gasteiger partial charge on any atom is -0.477 e. The molecule has 26 heavy (non-hydrogen) atoms. The number of nitrogens with one attached hydrogen (secondary N) is 1. The fraction of sp³-hybridized carbons (Fsp3) is 0.250. The van der Waals surface area contributed by atoms with E-state index in [0.717, 1.165) is 11.3 Å². The smallest absolute Gasteiger partial charge is 0.262 e. The predicted octanol–water partition coefficient (Wildman–Crippen LogP) is 4.78. The number of nitrogens with zero attached hydrogens (tertiary/aromatic N) is 2. The largest absolute Gasteiger partial charge is 0.477 e. The maximum absolute atomic E-state index is 12.6. The fourth-order valence-electron chi connectivity index (χ4n) is 3.01. The number of amides is 1. The molecule has 0 unspecified atom stereocenters. The van der Waals surface area contributed by atoms with Gasteiger partial charge in [0.2, 0.25) is 5.88 Å². The molecule has 0 radical (unpaired) electrons. The van der Waals surface area contributed by atoms with Gasteiger partial charge in [-0.15, -0.1) is 11.3 Å². The van der Waals surface area contributed by atoms with Gasteiger partial charge < -0.3 is 4.74 Å². The van der Waals surface area contributed by atoms with Gasteiger partial charge in [0.1, 0.15) is 5.56 Å². The summed E-state index contributed by atoms with van der Waals surface area (Å²) in [5, 5.41) is 5.36. The van der Waals surface area contributed by atoms with E-state index in [9.17, 15) is 4.79 Å². The lowest BCUT2D eigenvalue weighted by Gasteiger charge is -2.09. The Hall–Kier alpha value is -2.73. The molecule has 2 aromatic heterocycles. The summed E-state index contributed by atoms with van der Waals surface area (Å²) in [6.07, 6.45) is 1.60. The van der Waals surface area contributed by atoms with Gasteiger partial charge in [-0.2, -0.15) is 0 Å². The number of aryl methyl sites for hydroxylation is 3. The molecular weight excluding hydrogens is 346 g/mol. The first kappa shape index (κ1) is 18.1. The van der Waals surface area contributed by atoms with Crippen molar-refractivity contribution in [3.63, 3.8) is 0 Å². The van der Waals surface area contributed by atoms with Crippen LogP contribution in [0.3, 0.4) is 0 Å². The zero-order valence-corrected chi connectivity index (χ0v) is 16.1. The Labute approximate surface area is 157 Å². The molecule has 0 spiro atoms. The first-order chi connectivity index (χ1) is 12.5. The minimum atomic E-state index is -0.278. The van der Waals surface area contributed by atoms with Gasteiger partial charge in [0.05, 0.1) is 12.3 Å². The van der Waals surface area contributed by atoms with Crippen LogP contribution in [0.2, 0.25) is 0 Å². The van der Waals surface area contributed by atoms with Crippen molar-refractivity contribution in [2.75, 3.05) is 11.9 Å². The molecular formula is C20H21N3O2S. The molecule has 0 atom stereocenters. The number of carbonyl (C=O) groups excluding carboxylic acids is 1. The molecule has 5 nitrogen and oxygen atoms in total. The number of thiazole rings is 1. The van der Waals surface area contributed by atoms with Crippen molar-refractivity contribution in [3.8, 4) is 17.1 Å². The Morgan fingerprint density at radius 3 is 2.65 bits per heavy atom. The van der Waals surface area contributed by atoms with Crippen LogP contribution >= 0.6 is 11.3 Å². The lowest BCUT2D eigenvalue weighted by molar-refractivity contribution is 0.102. The van der Waals surface area contributed by atoms with Crippen molar-refractivity contribution in [3.05, 3.63) is 58.1 Å². The average Bonchev–Trinajstić information content (AvgIpc) is 3.02. The summed E-state index contributed by atoms with van der Waals surface area (Å²) in [7, 11) is 0. The van der Waals surface area contributed by atoms with Crippen LogP contribution in [-0.4, -0.2) is 22.5 Å². The lowest BCUT2D eigenvalue weighted by Crippen LogP contribution is -2.14. The van der Waals surface area contributed by atoms with Gasteiger partial charge in [0.25, 0.3) is 5.91 Å². The third-order valence-corrected chi connectivity index (χ3v) is 4.71. The van der Waals surface area contributed by atoms with Crippen LogP contribution < -0.4 is 10.1 Å². The Kier molecular flexibility index (Phi) is 5.32. The highest BCUT2D eigenvalue weighted by Gasteiger charge is 2.16. The van der Waals surface area contributed by atoms with Gasteiger partial charge >= 0.3 is 0 Å². The van der Waals surface area contributed by atoms with Crippen molar-refractivity contribution in [1.82, 2.24) is 9.97 Å². The van der Waals surface area contributed by atoms with Crippen LogP contribution in [0.5, 0.6) is 5.88 Å². The number of rotatable bonds is 5. The van der Waals surface area contributed by atoms with Crippen molar-refractivity contribution < 1.29 is 9.53 Å². The van der Waals surface area contributed by atoms with E-state index in [0.29, 0.717) is 23.2 Å². The molecule has 134 valence electrons. The van der Waals surface area contributed by atoms with E-state index in [1.165, 1.54) is 28.0 Å². The van der Waals surface area contributed by atoms with E-state index in [4.69, 9.17) is 4.74 Å². The Bertz CT molecular complexity index is 927. The van der Waals surface area contributed by atoms with Crippen LogP contribution in [0, 0.1) is 20.8 Å². The van der Waals surface area contributed by atoms with E-state index >= 15 is 0 Å². The van der Waals surface area contributed by atoms with Gasteiger partial charge in [0.15, 0.2) is 5.13 Å². The van der Waals surface area contributed by atoms with Crippen LogP contribution in [0.25, 0.3) is 11.3 Å². The summed E-state index contributed by atoms with van der Waals surface area (Å²) in [5.74, 6) is 0.0503. The number of pyridine rings is 1. The Balaban J connectivity index is 1.85. The lowest BCUT2D eigenvalue weighted by atomic mass is 9.98. The van der Waals surface area contributed by atoms with E-state index in [-0.39, 0.29) is 5.91 Å². The Morgan fingerprint density at radius 1 is 1.23 bits per heavy atom. The topological polar surface area (TPSA) is 64.1 Å². The molecule has 0 aliphatic heterocycles. The van der Waals surface area contributed by atoms with Gasteiger partial charge in [-0.3, -0.25) is 10.1 Å². The van der Waals surface area contributed by atoms with Crippen molar-refractivity contribution in [2.45, 2.75) is 27.7 Å². The van der Waals surface area contributed by atoms with Crippen molar-refractivity contribution in [2.24, 2.45) is 0 Å². The number of carbonyl (C=O) groups is 1. The molecule has 1 aromatic carbocycles. The Morgan fingerprint density at radius 2 is 1.96 bits per heavy atom. The van der Waals surface area contributed by atoms with Crippen molar-refractivity contribution >= 4 is 22.4 Å². The molecule has 3 aromatic rings. The van der Waals surface area contributed by atoms with E-state index in [1.807, 2.05) is 12.3 Å². The number of ether oxygens (including phenoxy) is 1. The summed E-state index contributed by atoms with van der Waals surface area (Å²) in [4.78, 5) is 21.3. The zero-order valence-electron chi connectivity index (χ0n) is 15.3. The quantitative estimate of drug-likeness (QED) is 0.705. The molecule has 0 aliphatic rings. The SMILES string of the molecule is CCOc1ncccc1C(=O)Nc1nc(-c2c(C)cc(C)cc2C)cs1. The highest BCUT2D eigenvalue weighted by atomic mass is 32.1. The molecule has 2 heterocycles. The first-order valence-electron chi connectivity index (χ1n) is 8.42. The first-order valence-corrected chi connectivity index (χ1v) is 9.30. The predicted molar refractivity (Wildman–Crippen MR) is 105 cm³/mol. The standard InChI is InChI=1S/C20H21N3O2S/c1-5-25-19-15(7-6-8-21-19)18(24)23-20-22-16(11-26-20)17-13(3)9-12(2)10-14(17)4/h6-11H,5H2,1-4H3,(H,22,23,24). The van der Waals surface area contributed by atoms with Gasteiger partial charge in [-0.1, -0.05) is 17.7 Å². The molecule has 1 N–H and O–H groups in total.